The van der Waals surface area contributed by atoms with Crippen LogP contribution in [-0.2, 0) is 6.18 Å². The molecule has 0 unspecified atom stereocenters. The number of halogens is 3. The van der Waals surface area contributed by atoms with Gasteiger partial charge in [0, 0.05) is 12.2 Å². The molecule has 1 aliphatic heterocycles. The number of anilines is 1. The molecule has 0 saturated carbocycles. The minimum atomic E-state index is -4.29. The molecule has 0 spiro atoms. The standard InChI is InChI=1S/C11H11F3N2/c1-8-15-5-6-16(8)10-4-2-3-9(7-10)11(12,13)14/h2-4,7H,5-6H2,1H3. The molecule has 0 saturated heterocycles. The van der Waals surface area contributed by atoms with E-state index in [9.17, 15) is 13.2 Å². The lowest BCUT2D eigenvalue weighted by Crippen LogP contribution is -2.25. The molecular weight excluding hydrogens is 217 g/mol. The van der Waals surface area contributed by atoms with Gasteiger partial charge in [-0.1, -0.05) is 6.07 Å². The third kappa shape index (κ3) is 2.03. The van der Waals surface area contributed by atoms with Crippen molar-refractivity contribution < 1.29 is 13.2 Å². The molecule has 86 valence electrons. The summed E-state index contributed by atoms with van der Waals surface area (Å²) in [6.45, 7) is 3.09. The Labute approximate surface area is 91.4 Å². The summed E-state index contributed by atoms with van der Waals surface area (Å²) in [6.07, 6.45) is -4.29. The van der Waals surface area contributed by atoms with Crippen molar-refractivity contribution in [3.63, 3.8) is 0 Å². The molecule has 0 aliphatic carbocycles. The van der Waals surface area contributed by atoms with Gasteiger partial charge in [0.2, 0.25) is 0 Å². The summed E-state index contributed by atoms with van der Waals surface area (Å²) >= 11 is 0. The van der Waals surface area contributed by atoms with Crippen LogP contribution in [0.2, 0.25) is 0 Å². The van der Waals surface area contributed by atoms with Gasteiger partial charge < -0.3 is 4.90 Å². The molecule has 2 nitrogen and oxygen atoms in total. The third-order valence-electron chi connectivity index (χ3n) is 2.54. The largest absolute Gasteiger partial charge is 0.416 e. The highest BCUT2D eigenvalue weighted by Crippen LogP contribution is 2.32. The molecule has 0 fully saturated rings. The van der Waals surface area contributed by atoms with Crippen molar-refractivity contribution >= 4 is 11.5 Å². The summed E-state index contributed by atoms with van der Waals surface area (Å²) in [5, 5.41) is 0. The van der Waals surface area contributed by atoms with E-state index in [1.165, 1.54) is 6.07 Å². The van der Waals surface area contributed by atoms with Gasteiger partial charge in [-0.05, 0) is 25.1 Å². The lowest BCUT2D eigenvalue weighted by Gasteiger charge is -2.19. The van der Waals surface area contributed by atoms with Crippen molar-refractivity contribution in [2.24, 2.45) is 4.99 Å². The van der Waals surface area contributed by atoms with Crippen LogP contribution in [0, 0.1) is 0 Å². The number of hydrogen-bond donors (Lipinski definition) is 0. The maximum Gasteiger partial charge on any atom is 0.416 e. The van der Waals surface area contributed by atoms with E-state index in [-0.39, 0.29) is 0 Å². The van der Waals surface area contributed by atoms with Gasteiger partial charge in [-0.2, -0.15) is 13.2 Å². The van der Waals surface area contributed by atoms with Crippen LogP contribution < -0.4 is 4.90 Å². The Morgan fingerprint density at radius 1 is 1.31 bits per heavy atom. The first-order valence-electron chi connectivity index (χ1n) is 4.94. The third-order valence-corrected chi connectivity index (χ3v) is 2.54. The van der Waals surface area contributed by atoms with Gasteiger partial charge in [-0.25, -0.2) is 0 Å². The van der Waals surface area contributed by atoms with E-state index in [4.69, 9.17) is 0 Å². The van der Waals surface area contributed by atoms with Crippen LogP contribution in [0.3, 0.4) is 0 Å². The maximum atomic E-state index is 12.5. The molecule has 2 rings (SSSR count). The lowest BCUT2D eigenvalue weighted by atomic mass is 10.2. The zero-order valence-corrected chi connectivity index (χ0v) is 8.75. The Bertz CT molecular complexity index is 423. The highest BCUT2D eigenvalue weighted by atomic mass is 19.4. The molecular formula is C11H11F3N2. The second-order valence-corrected chi connectivity index (χ2v) is 3.63. The monoisotopic (exact) mass is 228 g/mol. The Kier molecular flexibility index (Phi) is 2.61. The number of hydrogen-bond acceptors (Lipinski definition) is 2. The summed E-state index contributed by atoms with van der Waals surface area (Å²) in [4.78, 5) is 5.93. The van der Waals surface area contributed by atoms with Crippen LogP contribution in [0.4, 0.5) is 18.9 Å². The van der Waals surface area contributed by atoms with Crippen LogP contribution >= 0.6 is 0 Å². The number of benzene rings is 1. The van der Waals surface area contributed by atoms with Gasteiger partial charge in [0.05, 0.1) is 12.1 Å². The fourth-order valence-electron chi connectivity index (χ4n) is 1.73. The first kappa shape index (κ1) is 11.0. The molecule has 1 aromatic rings. The summed E-state index contributed by atoms with van der Waals surface area (Å²) in [6, 6.07) is 5.32. The first-order valence-corrected chi connectivity index (χ1v) is 4.94. The molecule has 16 heavy (non-hydrogen) atoms. The Morgan fingerprint density at radius 2 is 2.06 bits per heavy atom. The number of rotatable bonds is 1. The first-order chi connectivity index (χ1) is 7.48. The highest BCUT2D eigenvalue weighted by molar-refractivity contribution is 5.97. The Morgan fingerprint density at radius 3 is 2.62 bits per heavy atom. The van der Waals surface area contributed by atoms with E-state index in [1.54, 1.807) is 17.9 Å². The molecule has 0 amide bonds. The highest BCUT2D eigenvalue weighted by Gasteiger charge is 2.31. The van der Waals surface area contributed by atoms with E-state index in [0.717, 1.165) is 18.0 Å². The Balaban J connectivity index is 2.33. The molecule has 1 heterocycles. The molecule has 1 aromatic carbocycles. The minimum absolute atomic E-state index is 0.550. The zero-order chi connectivity index (χ0) is 11.8. The van der Waals surface area contributed by atoms with Crippen LogP contribution in [0.15, 0.2) is 29.3 Å². The molecule has 0 atom stereocenters. The van der Waals surface area contributed by atoms with Crippen LogP contribution in [0.1, 0.15) is 12.5 Å². The number of aliphatic imine (C=N–C) groups is 1. The topological polar surface area (TPSA) is 15.6 Å². The second kappa shape index (κ2) is 3.81. The van der Waals surface area contributed by atoms with Crippen molar-refractivity contribution in [1.82, 2.24) is 0 Å². The fourth-order valence-corrected chi connectivity index (χ4v) is 1.73. The van der Waals surface area contributed by atoms with Gasteiger partial charge in [0.15, 0.2) is 0 Å². The normalized spacial score (nSPS) is 16.5. The molecule has 0 bridgehead atoms. The number of alkyl halides is 3. The maximum absolute atomic E-state index is 12.5. The van der Waals surface area contributed by atoms with E-state index in [2.05, 4.69) is 4.99 Å². The average molecular weight is 228 g/mol. The van der Waals surface area contributed by atoms with Crippen molar-refractivity contribution in [3.05, 3.63) is 29.8 Å². The fraction of sp³-hybridized carbons (Fsp3) is 0.364. The Hall–Kier alpha value is -1.52. The van der Waals surface area contributed by atoms with Gasteiger partial charge in [-0.15, -0.1) is 0 Å². The molecule has 5 heteroatoms. The summed E-state index contributed by atoms with van der Waals surface area (Å²) in [7, 11) is 0. The van der Waals surface area contributed by atoms with Crippen molar-refractivity contribution in [2.75, 3.05) is 18.0 Å². The molecule has 1 aliphatic rings. The van der Waals surface area contributed by atoms with Crippen molar-refractivity contribution in [3.8, 4) is 0 Å². The van der Waals surface area contributed by atoms with E-state index in [1.807, 2.05) is 0 Å². The quantitative estimate of drug-likeness (QED) is 0.721. The summed E-state index contributed by atoms with van der Waals surface area (Å²) < 4.78 is 37.5. The SMILES string of the molecule is CC1=NCCN1c1cccc(C(F)(F)F)c1. The predicted octanol–water partition coefficient (Wildman–Crippen LogP) is 2.94. The van der Waals surface area contributed by atoms with Gasteiger partial charge in [0.25, 0.3) is 0 Å². The smallest absolute Gasteiger partial charge is 0.329 e. The van der Waals surface area contributed by atoms with E-state index in [0.29, 0.717) is 18.8 Å². The average Bonchev–Trinajstić information content (AvgIpc) is 2.63. The van der Waals surface area contributed by atoms with Crippen molar-refractivity contribution in [1.29, 1.82) is 0 Å². The molecule has 0 aromatic heterocycles. The van der Waals surface area contributed by atoms with Crippen LogP contribution in [0.25, 0.3) is 0 Å². The zero-order valence-electron chi connectivity index (χ0n) is 8.75. The van der Waals surface area contributed by atoms with Crippen LogP contribution in [-0.4, -0.2) is 18.9 Å². The molecule has 0 radical (unpaired) electrons. The number of amidine groups is 1. The van der Waals surface area contributed by atoms with Gasteiger partial charge in [0.1, 0.15) is 5.84 Å². The van der Waals surface area contributed by atoms with Gasteiger partial charge >= 0.3 is 6.18 Å². The van der Waals surface area contributed by atoms with Crippen LogP contribution in [0.5, 0.6) is 0 Å². The van der Waals surface area contributed by atoms with E-state index < -0.39 is 11.7 Å². The summed E-state index contributed by atoms with van der Waals surface area (Å²) in [5.41, 5.74) is -0.0710. The molecule has 0 N–H and O–H groups in total. The summed E-state index contributed by atoms with van der Waals surface area (Å²) in [5.74, 6) is 0.763. The number of nitrogens with zero attached hydrogens (tertiary/aromatic N) is 2. The van der Waals surface area contributed by atoms with Gasteiger partial charge in [-0.3, -0.25) is 4.99 Å². The second-order valence-electron chi connectivity index (χ2n) is 3.63. The van der Waals surface area contributed by atoms with E-state index >= 15 is 0 Å². The van der Waals surface area contributed by atoms with Crippen molar-refractivity contribution in [2.45, 2.75) is 13.1 Å². The predicted molar refractivity (Wildman–Crippen MR) is 56.8 cm³/mol. The minimum Gasteiger partial charge on any atom is -0.329 e. The lowest BCUT2D eigenvalue weighted by molar-refractivity contribution is -0.137.